The summed E-state index contributed by atoms with van der Waals surface area (Å²) in [6.45, 7) is 0. The van der Waals surface area contributed by atoms with Crippen molar-refractivity contribution in [1.82, 2.24) is 14.3 Å². The lowest BCUT2D eigenvalue weighted by Crippen LogP contribution is -2.12. The Kier molecular flexibility index (Phi) is 2.19. The lowest BCUT2D eigenvalue weighted by Gasteiger charge is -2.02. The van der Waals surface area contributed by atoms with Gasteiger partial charge in [-0.1, -0.05) is 0 Å². The minimum atomic E-state index is -0.183. The van der Waals surface area contributed by atoms with Crippen LogP contribution in [0.3, 0.4) is 0 Å². The average Bonchev–Trinajstić information content (AvgIpc) is 2.95. The molecule has 1 aromatic carbocycles. The minimum Gasteiger partial charge on any atom is -0.396 e. The summed E-state index contributed by atoms with van der Waals surface area (Å²) in [4.78, 5) is 12.1. The highest BCUT2D eigenvalue weighted by Crippen LogP contribution is 2.17. The Bertz CT molecular complexity index is 738. The molecule has 0 fully saturated rings. The van der Waals surface area contributed by atoms with Crippen molar-refractivity contribution in [1.29, 1.82) is 0 Å². The van der Waals surface area contributed by atoms with Crippen molar-refractivity contribution in [3.63, 3.8) is 0 Å². The molecular weight excluding hydrogens is 228 g/mol. The molecule has 0 unspecified atom stereocenters. The van der Waals surface area contributed by atoms with Gasteiger partial charge in [0.25, 0.3) is 5.91 Å². The first-order valence-electron chi connectivity index (χ1n) is 5.55. The largest absolute Gasteiger partial charge is 0.396 e. The first-order valence-corrected chi connectivity index (χ1v) is 5.55. The molecule has 5 heteroatoms. The molecule has 2 heterocycles. The van der Waals surface area contributed by atoms with E-state index < -0.39 is 0 Å². The second kappa shape index (κ2) is 3.73. The van der Waals surface area contributed by atoms with Crippen LogP contribution in [-0.2, 0) is 7.05 Å². The van der Waals surface area contributed by atoms with Gasteiger partial charge in [-0.3, -0.25) is 4.79 Å². The van der Waals surface area contributed by atoms with Gasteiger partial charge in [-0.2, -0.15) is 5.10 Å². The number of anilines is 1. The van der Waals surface area contributed by atoms with Crippen LogP contribution < -0.4 is 5.73 Å². The summed E-state index contributed by atoms with van der Waals surface area (Å²) in [7, 11) is 1.97. The third-order valence-electron chi connectivity index (χ3n) is 2.94. The SMILES string of the molecule is Cn1ccc2cc(C(=O)n3cc(N)cn3)ccc21. The monoisotopic (exact) mass is 240 g/mol. The normalized spacial score (nSPS) is 10.9. The van der Waals surface area contributed by atoms with Crippen LogP contribution in [0, 0.1) is 0 Å². The smallest absolute Gasteiger partial charge is 0.278 e. The van der Waals surface area contributed by atoms with Crippen LogP contribution in [0.2, 0.25) is 0 Å². The molecule has 0 saturated carbocycles. The Morgan fingerprint density at radius 1 is 1.33 bits per heavy atom. The third kappa shape index (κ3) is 1.57. The van der Waals surface area contributed by atoms with E-state index in [4.69, 9.17) is 5.73 Å². The van der Waals surface area contributed by atoms with Gasteiger partial charge in [-0.25, -0.2) is 4.68 Å². The predicted octanol–water partition coefficient (Wildman–Crippen LogP) is 1.65. The zero-order chi connectivity index (χ0) is 12.7. The quantitative estimate of drug-likeness (QED) is 0.703. The molecule has 5 nitrogen and oxygen atoms in total. The number of nitrogen functional groups attached to an aromatic ring is 1. The number of nitrogens with zero attached hydrogens (tertiary/aromatic N) is 3. The summed E-state index contributed by atoms with van der Waals surface area (Å²) in [5, 5.41) is 4.95. The number of rotatable bonds is 1. The van der Waals surface area contributed by atoms with Gasteiger partial charge in [0.15, 0.2) is 0 Å². The van der Waals surface area contributed by atoms with Crippen LogP contribution in [0.4, 0.5) is 5.69 Å². The molecule has 0 aliphatic carbocycles. The molecule has 90 valence electrons. The molecule has 0 atom stereocenters. The van der Waals surface area contributed by atoms with Crippen LogP contribution in [0.25, 0.3) is 10.9 Å². The van der Waals surface area contributed by atoms with E-state index in [9.17, 15) is 4.79 Å². The standard InChI is InChI=1S/C13H12N4O/c1-16-5-4-9-6-10(2-3-12(9)16)13(18)17-8-11(14)7-15-17/h2-8H,14H2,1H3. The average molecular weight is 240 g/mol. The highest BCUT2D eigenvalue weighted by atomic mass is 16.2. The zero-order valence-corrected chi connectivity index (χ0v) is 9.87. The van der Waals surface area contributed by atoms with Gasteiger partial charge >= 0.3 is 0 Å². The number of carbonyl (C=O) groups excluding carboxylic acids is 1. The number of nitrogens with two attached hydrogens (primary N) is 1. The third-order valence-corrected chi connectivity index (χ3v) is 2.94. The van der Waals surface area contributed by atoms with Crippen molar-refractivity contribution in [3.05, 3.63) is 48.4 Å². The van der Waals surface area contributed by atoms with E-state index in [1.807, 2.05) is 36.0 Å². The van der Waals surface area contributed by atoms with E-state index >= 15 is 0 Å². The number of fused-ring (bicyclic) bond motifs is 1. The molecule has 18 heavy (non-hydrogen) atoms. The molecule has 0 radical (unpaired) electrons. The van der Waals surface area contributed by atoms with Crippen LogP contribution in [0.5, 0.6) is 0 Å². The van der Waals surface area contributed by atoms with Crippen LogP contribution in [0.1, 0.15) is 10.4 Å². The maximum Gasteiger partial charge on any atom is 0.278 e. The van der Waals surface area contributed by atoms with Gasteiger partial charge < -0.3 is 10.3 Å². The van der Waals surface area contributed by atoms with Gasteiger partial charge in [0.05, 0.1) is 18.1 Å². The summed E-state index contributed by atoms with van der Waals surface area (Å²) in [6, 6.07) is 7.55. The van der Waals surface area contributed by atoms with E-state index in [1.54, 1.807) is 6.07 Å². The van der Waals surface area contributed by atoms with Crippen LogP contribution in [0.15, 0.2) is 42.9 Å². The Labute approximate surface area is 103 Å². The number of hydrogen-bond donors (Lipinski definition) is 1. The summed E-state index contributed by atoms with van der Waals surface area (Å²) in [5.41, 5.74) is 7.71. The number of carbonyl (C=O) groups is 1. The maximum atomic E-state index is 12.1. The molecule has 3 aromatic rings. The summed E-state index contributed by atoms with van der Waals surface area (Å²) < 4.78 is 3.26. The molecular formula is C13H12N4O. The highest BCUT2D eigenvalue weighted by molar-refractivity contribution is 5.99. The van der Waals surface area contributed by atoms with Crippen LogP contribution >= 0.6 is 0 Å². The van der Waals surface area contributed by atoms with Crippen molar-refractivity contribution in [2.45, 2.75) is 0 Å². The lowest BCUT2D eigenvalue weighted by molar-refractivity contribution is 0.0945. The molecule has 0 aliphatic heterocycles. The van der Waals surface area contributed by atoms with E-state index in [1.165, 1.54) is 17.1 Å². The number of hydrogen-bond acceptors (Lipinski definition) is 3. The van der Waals surface area contributed by atoms with Crippen molar-refractivity contribution in [2.75, 3.05) is 5.73 Å². The highest BCUT2D eigenvalue weighted by Gasteiger charge is 2.10. The first kappa shape index (κ1) is 10.6. The number of aryl methyl sites for hydroxylation is 1. The number of aromatic nitrogens is 3. The summed E-state index contributed by atoms with van der Waals surface area (Å²) >= 11 is 0. The second-order valence-electron chi connectivity index (χ2n) is 4.22. The predicted molar refractivity (Wildman–Crippen MR) is 69.3 cm³/mol. The van der Waals surface area contributed by atoms with Crippen molar-refractivity contribution in [3.8, 4) is 0 Å². The molecule has 0 bridgehead atoms. The molecule has 2 N–H and O–H groups in total. The van der Waals surface area contributed by atoms with Crippen molar-refractivity contribution in [2.24, 2.45) is 7.05 Å². The maximum absolute atomic E-state index is 12.1. The molecule has 2 aromatic heterocycles. The molecule has 0 saturated heterocycles. The Hall–Kier alpha value is -2.56. The Morgan fingerprint density at radius 3 is 2.89 bits per heavy atom. The fourth-order valence-electron chi connectivity index (χ4n) is 1.99. The minimum absolute atomic E-state index is 0.183. The van der Waals surface area contributed by atoms with E-state index in [-0.39, 0.29) is 5.91 Å². The molecule has 0 spiro atoms. The van der Waals surface area contributed by atoms with Gasteiger partial charge in [0, 0.05) is 29.7 Å². The van der Waals surface area contributed by atoms with Gasteiger partial charge in [0.1, 0.15) is 0 Å². The fraction of sp³-hybridized carbons (Fsp3) is 0.0769. The van der Waals surface area contributed by atoms with Crippen LogP contribution in [-0.4, -0.2) is 20.3 Å². The molecule has 3 rings (SSSR count). The van der Waals surface area contributed by atoms with Crippen molar-refractivity contribution < 1.29 is 4.79 Å². The van der Waals surface area contributed by atoms with Gasteiger partial charge in [-0.15, -0.1) is 0 Å². The Balaban J connectivity index is 2.06. The van der Waals surface area contributed by atoms with E-state index in [2.05, 4.69) is 5.10 Å². The Morgan fingerprint density at radius 2 is 2.17 bits per heavy atom. The fourth-order valence-corrected chi connectivity index (χ4v) is 1.99. The van der Waals surface area contributed by atoms with Crippen molar-refractivity contribution >= 4 is 22.5 Å². The zero-order valence-electron chi connectivity index (χ0n) is 9.87. The van der Waals surface area contributed by atoms with Gasteiger partial charge in [-0.05, 0) is 24.3 Å². The number of benzene rings is 1. The van der Waals surface area contributed by atoms with E-state index in [0.29, 0.717) is 11.3 Å². The topological polar surface area (TPSA) is 65.8 Å². The second-order valence-corrected chi connectivity index (χ2v) is 4.22. The van der Waals surface area contributed by atoms with E-state index in [0.717, 1.165) is 10.9 Å². The summed E-state index contributed by atoms with van der Waals surface area (Å²) in [6.07, 6.45) is 4.93. The summed E-state index contributed by atoms with van der Waals surface area (Å²) in [5.74, 6) is -0.183. The molecule has 0 amide bonds. The lowest BCUT2D eigenvalue weighted by atomic mass is 10.1. The molecule has 0 aliphatic rings. The first-order chi connectivity index (χ1) is 8.65. The van der Waals surface area contributed by atoms with Gasteiger partial charge in [0.2, 0.25) is 0 Å².